The van der Waals surface area contributed by atoms with Crippen LogP contribution < -0.4 is 0 Å². The van der Waals surface area contributed by atoms with Gasteiger partial charge in [-0.1, -0.05) is 26.7 Å². The number of nitrogens with zero attached hydrogens (tertiary/aromatic N) is 1. The molecule has 1 N–H and O–H groups in total. The van der Waals surface area contributed by atoms with E-state index in [1.165, 1.54) is 0 Å². The van der Waals surface area contributed by atoms with E-state index in [0.29, 0.717) is 6.54 Å². The molecule has 0 unspecified atom stereocenters. The number of hydrogen-bond acceptors (Lipinski definition) is 3. The van der Waals surface area contributed by atoms with Gasteiger partial charge in [0.2, 0.25) is 6.08 Å². The van der Waals surface area contributed by atoms with Crippen molar-refractivity contribution in [1.29, 1.82) is 0 Å². The number of isocyanates is 1. The zero-order chi connectivity index (χ0) is 10.2. The van der Waals surface area contributed by atoms with Crippen LogP contribution in [0.4, 0.5) is 0 Å². The molecule has 76 valence electrons. The zero-order valence-electron chi connectivity index (χ0n) is 8.55. The van der Waals surface area contributed by atoms with Gasteiger partial charge in [0.1, 0.15) is 0 Å². The Morgan fingerprint density at radius 1 is 1.31 bits per heavy atom. The van der Waals surface area contributed by atoms with E-state index in [4.69, 9.17) is 5.11 Å². The second kappa shape index (κ2) is 6.81. The van der Waals surface area contributed by atoms with Crippen molar-refractivity contribution >= 4 is 6.08 Å². The van der Waals surface area contributed by atoms with E-state index in [2.05, 4.69) is 18.8 Å². The van der Waals surface area contributed by atoms with Crippen molar-refractivity contribution in [2.75, 3.05) is 13.2 Å². The molecule has 3 heteroatoms. The molecule has 0 rings (SSSR count). The van der Waals surface area contributed by atoms with E-state index in [1.54, 1.807) is 6.08 Å². The molecular formula is C10H19NO2. The third kappa shape index (κ3) is 4.20. The van der Waals surface area contributed by atoms with Gasteiger partial charge in [-0.25, -0.2) is 9.79 Å². The summed E-state index contributed by atoms with van der Waals surface area (Å²) >= 11 is 0. The fraction of sp³-hybridized carbons (Fsp3) is 0.900. The van der Waals surface area contributed by atoms with Gasteiger partial charge in [0, 0.05) is 6.61 Å². The zero-order valence-corrected chi connectivity index (χ0v) is 8.55. The van der Waals surface area contributed by atoms with Gasteiger partial charge in [0.15, 0.2) is 0 Å². The van der Waals surface area contributed by atoms with Crippen LogP contribution in [0.15, 0.2) is 4.99 Å². The Bertz CT molecular complexity index is 170. The number of aliphatic hydroxyl groups excluding tert-OH is 1. The van der Waals surface area contributed by atoms with Crippen molar-refractivity contribution < 1.29 is 9.90 Å². The Balaban J connectivity index is 4.11. The predicted molar refractivity (Wildman–Crippen MR) is 52.3 cm³/mol. The smallest absolute Gasteiger partial charge is 0.234 e. The molecule has 0 aliphatic carbocycles. The number of aliphatic hydroxyl groups is 1. The maximum Gasteiger partial charge on any atom is 0.234 e. The van der Waals surface area contributed by atoms with E-state index >= 15 is 0 Å². The monoisotopic (exact) mass is 185 g/mol. The van der Waals surface area contributed by atoms with Crippen LogP contribution in [-0.2, 0) is 4.79 Å². The van der Waals surface area contributed by atoms with Crippen LogP contribution >= 0.6 is 0 Å². The number of aliphatic imine (C=N–C) groups is 1. The van der Waals surface area contributed by atoms with Gasteiger partial charge in [-0.15, -0.1) is 0 Å². The Morgan fingerprint density at radius 2 is 1.92 bits per heavy atom. The molecule has 13 heavy (non-hydrogen) atoms. The number of hydrogen-bond donors (Lipinski definition) is 1. The summed E-state index contributed by atoms with van der Waals surface area (Å²) in [4.78, 5) is 13.4. The predicted octanol–water partition coefficient (Wildman–Crippen LogP) is 1.90. The van der Waals surface area contributed by atoms with Gasteiger partial charge in [-0.2, -0.15) is 0 Å². The van der Waals surface area contributed by atoms with E-state index in [9.17, 15) is 4.79 Å². The second-order valence-electron chi connectivity index (χ2n) is 3.40. The molecule has 0 fully saturated rings. The van der Waals surface area contributed by atoms with Crippen molar-refractivity contribution in [2.24, 2.45) is 10.4 Å². The van der Waals surface area contributed by atoms with E-state index in [-0.39, 0.29) is 12.0 Å². The van der Waals surface area contributed by atoms with Gasteiger partial charge in [-0.3, -0.25) is 0 Å². The average molecular weight is 185 g/mol. The first-order valence-electron chi connectivity index (χ1n) is 4.89. The first-order chi connectivity index (χ1) is 6.24. The van der Waals surface area contributed by atoms with Gasteiger partial charge in [0.05, 0.1) is 6.54 Å². The molecule has 0 bridgehead atoms. The molecule has 0 spiro atoms. The molecule has 0 aromatic heterocycles. The molecular weight excluding hydrogens is 166 g/mol. The Kier molecular flexibility index (Phi) is 6.47. The van der Waals surface area contributed by atoms with Crippen molar-refractivity contribution in [3.63, 3.8) is 0 Å². The van der Waals surface area contributed by atoms with Crippen LogP contribution in [0.5, 0.6) is 0 Å². The highest BCUT2D eigenvalue weighted by molar-refractivity contribution is 5.32. The van der Waals surface area contributed by atoms with E-state index in [1.807, 2.05) is 0 Å². The first kappa shape index (κ1) is 12.3. The van der Waals surface area contributed by atoms with Crippen molar-refractivity contribution in [3.8, 4) is 0 Å². The molecule has 0 atom stereocenters. The third-order valence-corrected chi connectivity index (χ3v) is 2.96. The lowest BCUT2D eigenvalue weighted by Gasteiger charge is -2.30. The fourth-order valence-electron chi connectivity index (χ4n) is 1.66. The summed E-state index contributed by atoms with van der Waals surface area (Å²) in [5.74, 6) is 0. The standard InChI is InChI=1S/C10H19NO2/c1-3-10(4-2,6-8-12)5-7-11-9-13/h12H,3-8H2,1-2H3. The maximum atomic E-state index is 9.88. The summed E-state index contributed by atoms with van der Waals surface area (Å²) in [6, 6.07) is 0. The molecule has 0 aromatic rings. The van der Waals surface area contributed by atoms with Crippen LogP contribution in [0.1, 0.15) is 39.5 Å². The molecule has 3 nitrogen and oxygen atoms in total. The molecule has 0 aliphatic rings. The molecule has 0 aromatic carbocycles. The largest absolute Gasteiger partial charge is 0.396 e. The summed E-state index contributed by atoms with van der Waals surface area (Å²) in [6.07, 6.45) is 5.27. The molecule has 0 saturated carbocycles. The van der Waals surface area contributed by atoms with Crippen molar-refractivity contribution in [3.05, 3.63) is 0 Å². The van der Waals surface area contributed by atoms with Crippen LogP contribution in [0.25, 0.3) is 0 Å². The molecule has 0 radical (unpaired) electrons. The maximum absolute atomic E-state index is 9.88. The molecule has 0 heterocycles. The highest BCUT2D eigenvalue weighted by Gasteiger charge is 2.24. The normalized spacial score (nSPS) is 11.0. The van der Waals surface area contributed by atoms with E-state index in [0.717, 1.165) is 25.7 Å². The first-order valence-corrected chi connectivity index (χ1v) is 4.89. The number of rotatable bonds is 7. The third-order valence-electron chi connectivity index (χ3n) is 2.96. The van der Waals surface area contributed by atoms with Crippen LogP contribution in [-0.4, -0.2) is 24.3 Å². The van der Waals surface area contributed by atoms with Gasteiger partial charge in [-0.05, 0) is 18.3 Å². The Morgan fingerprint density at radius 3 is 2.31 bits per heavy atom. The summed E-state index contributed by atoms with van der Waals surface area (Å²) in [7, 11) is 0. The fourth-order valence-corrected chi connectivity index (χ4v) is 1.66. The van der Waals surface area contributed by atoms with E-state index < -0.39 is 0 Å². The van der Waals surface area contributed by atoms with Gasteiger partial charge < -0.3 is 5.11 Å². The van der Waals surface area contributed by atoms with Crippen molar-refractivity contribution in [2.45, 2.75) is 39.5 Å². The molecule has 0 saturated heterocycles. The van der Waals surface area contributed by atoms with Crippen LogP contribution in [0.3, 0.4) is 0 Å². The Labute approximate surface area is 79.9 Å². The van der Waals surface area contributed by atoms with Gasteiger partial charge in [0.25, 0.3) is 0 Å². The summed E-state index contributed by atoms with van der Waals surface area (Å²) in [5, 5.41) is 8.91. The van der Waals surface area contributed by atoms with Gasteiger partial charge >= 0.3 is 0 Å². The second-order valence-corrected chi connectivity index (χ2v) is 3.40. The quantitative estimate of drug-likeness (QED) is 0.486. The minimum absolute atomic E-state index is 0.162. The molecule has 0 aliphatic heterocycles. The topological polar surface area (TPSA) is 49.7 Å². The van der Waals surface area contributed by atoms with Crippen LogP contribution in [0, 0.1) is 5.41 Å². The summed E-state index contributed by atoms with van der Waals surface area (Å²) < 4.78 is 0. The summed E-state index contributed by atoms with van der Waals surface area (Å²) in [5.41, 5.74) is 0.162. The number of carbonyl (C=O) groups excluding carboxylic acids is 1. The Hall–Kier alpha value is -0.660. The SMILES string of the molecule is CCC(CC)(CCO)CCN=C=O. The minimum atomic E-state index is 0.162. The van der Waals surface area contributed by atoms with Crippen molar-refractivity contribution in [1.82, 2.24) is 0 Å². The lowest BCUT2D eigenvalue weighted by atomic mass is 9.76. The van der Waals surface area contributed by atoms with Crippen LogP contribution in [0.2, 0.25) is 0 Å². The highest BCUT2D eigenvalue weighted by Crippen LogP contribution is 2.33. The average Bonchev–Trinajstić information content (AvgIpc) is 2.17. The lowest BCUT2D eigenvalue weighted by molar-refractivity contribution is 0.159. The minimum Gasteiger partial charge on any atom is -0.396 e. The summed E-state index contributed by atoms with van der Waals surface area (Å²) in [6.45, 7) is 4.98. The lowest BCUT2D eigenvalue weighted by Crippen LogP contribution is -2.21. The highest BCUT2D eigenvalue weighted by atomic mass is 16.3. The molecule has 0 amide bonds.